The molecule has 0 aromatic carbocycles. The number of alkyl halides is 2. The van der Waals surface area contributed by atoms with Crippen LogP contribution in [0, 0.1) is 5.95 Å². The van der Waals surface area contributed by atoms with E-state index in [1.807, 2.05) is 0 Å². The van der Waals surface area contributed by atoms with Crippen molar-refractivity contribution in [3.8, 4) is 0 Å². The summed E-state index contributed by atoms with van der Waals surface area (Å²) in [5.74, 6) is -1.17. The summed E-state index contributed by atoms with van der Waals surface area (Å²) in [4.78, 5) is 2.95. The van der Waals surface area contributed by atoms with E-state index in [2.05, 4.69) is 4.98 Å². The standard InChI is InChI=1S/C6H5BF3NO2/c8-5(9)3-1-4(7(12)13)6(10)11-2-3/h1-2,5,12-13H. The molecule has 0 amide bonds. The first-order valence-electron chi connectivity index (χ1n) is 3.32. The van der Waals surface area contributed by atoms with Gasteiger partial charge in [-0.2, -0.15) is 4.39 Å². The zero-order valence-corrected chi connectivity index (χ0v) is 6.28. The van der Waals surface area contributed by atoms with Gasteiger partial charge in [0.05, 0.1) is 0 Å². The van der Waals surface area contributed by atoms with E-state index in [1.54, 1.807) is 0 Å². The van der Waals surface area contributed by atoms with Gasteiger partial charge in [-0.05, 0) is 6.07 Å². The highest BCUT2D eigenvalue weighted by atomic mass is 19.3. The van der Waals surface area contributed by atoms with Gasteiger partial charge < -0.3 is 10.0 Å². The second-order valence-corrected chi connectivity index (χ2v) is 2.32. The molecule has 7 heteroatoms. The lowest BCUT2D eigenvalue weighted by atomic mass is 9.80. The fourth-order valence-corrected chi connectivity index (χ4v) is 0.783. The van der Waals surface area contributed by atoms with E-state index >= 15 is 0 Å². The molecule has 1 aromatic rings. The Labute approximate surface area is 72.0 Å². The Morgan fingerprint density at radius 2 is 2.00 bits per heavy atom. The molecule has 0 radical (unpaired) electrons. The molecule has 1 rings (SSSR count). The van der Waals surface area contributed by atoms with Gasteiger partial charge in [0, 0.05) is 17.2 Å². The average molecular weight is 191 g/mol. The van der Waals surface area contributed by atoms with Gasteiger partial charge in [0.2, 0.25) is 5.95 Å². The molecule has 1 aromatic heterocycles. The zero-order chi connectivity index (χ0) is 10.0. The first kappa shape index (κ1) is 10.0. The molecule has 0 saturated carbocycles. The van der Waals surface area contributed by atoms with E-state index < -0.39 is 30.5 Å². The number of aromatic nitrogens is 1. The topological polar surface area (TPSA) is 53.4 Å². The lowest BCUT2D eigenvalue weighted by Gasteiger charge is -2.03. The van der Waals surface area contributed by atoms with Gasteiger partial charge in [0.15, 0.2) is 0 Å². The van der Waals surface area contributed by atoms with Crippen LogP contribution in [0.15, 0.2) is 12.3 Å². The van der Waals surface area contributed by atoms with E-state index in [9.17, 15) is 13.2 Å². The lowest BCUT2D eigenvalue weighted by molar-refractivity contribution is 0.151. The Balaban J connectivity index is 3.11. The van der Waals surface area contributed by atoms with E-state index in [1.165, 1.54) is 0 Å². The summed E-state index contributed by atoms with van der Waals surface area (Å²) in [6, 6.07) is 0.664. The van der Waals surface area contributed by atoms with Crippen molar-refractivity contribution in [3.63, 3.8) is 0 Å². The number of hydrogen-bond acceptors (Lipinski definition) is 3. The van der Waals surface area contributed by atoms with Crippen molar-refractivity contribution in [2.24, 2.45) is 0 Å². The summed E-state index contributed by atoms with van der Waals surface area (Å²) in [5, 5.41) is 17.1. The molecule has 0 fully saturated rings. The second-order valence-electron chi connectivity index (χ2n) is 2.32. The third-order valence-electron chi connectivity index (χ3n) is 1.42. The van der Waals surface area contributed by atoms with E-state index in [0.29, 0.717) is 12.3 Å². The van der Waals surface area contributed by atoms with Gasteiger partial charge in [-0.3, -0.25) is 0 Å². The summed E-state index contributed by atoms with van der Waals surface area (Å²) >= 11 is 0. The largest absolute Gasteiger partial charge is 0.493 e. The van der Waals surface area contributed by atoms with E-state index in [-0.39, 0.29) is 0 Å². The highest BCUT2D eigenvalue weighted by Crippen LogP contribution is 2.16. The number of rotatable bonds is 2. The maximum atomic E-state index is 12.6. The van der Waals surface area contributed by atoms with Crippen molar-refractivity contribution in [1.29, 1.82) is 0 Å². The molecule has 0 aliphatic heterocycles. The molecule has 0 spiro atoms. The molecule has 0 atom stereocenters. The molecule has 0 saturated heterocycles. The monoisotopic (exact) mass is 191 g/mol. The average Bonchev–Trinajstić information content (AvgIpc) is 2.04. The van der Waals surface area contributed by atoms with Crippen molar-refractivity contribution >= 4 is 12.6 Å². The van der Waals surface area contributed by atoms with E-state index in [0.717, 1.165) is 0 Å². The fourth-order valence-electron chi connectivity index (χ4n) is 0.783. The van der Waals surface area contributed by atoms with Gasteiger partial charge in [-0.25, -0.2) is 13.8 Å². The predicted molar refractivity (Wildman–Crippen MR) is 39.0 cm³/mol. The van der Waals surface area contributed by atoms with Crippen LogP contribution in [0.2, 0.25) is 0 Å². The second kappa shape index (κ2) is 3.76. The highest BCUT2D eigenvalue weighted by molar-refractivity contribution is 6.58. The van der Waals surface area contributed by atoms with Crippen molar-refractivity contribution in [2.45, 2.75) is 6.43 Å². The Kier molecular flexibility index (Phi) is 2.89. The van der Waals surface area contributed by atoms with Crippen molar-refractivity contribution in [2.75, 3.05) is 0 Å². The van der Waals surface area contributed by atoms with Gasteiger partial charge in [-0.15, -0.1) is 0 Å². The molecule has 0 unspecified atom stereocenters. The minimum absolute atomic E-state index is 0.551. The minimum atomic E-state index is -2.81. The molecule has 1 heterocycles. The Morgan fingerprint density at radius 3 is 2.46 bits per heavy atom. The molecule has 0 bridgehead atoms. The van der Waals surface area contributed by atoms with Crippen molar-refractivity contribution in [3.05, 3.63) is 23.8 Å². The summed E-state index contributed by atoms with van der Waals surface area (Å²) in [7, 11) is -2.13. The molecule has 2 N–H and O–H groups in total. The van der Waals surface area contributed by atoms with Crippen LogP contribution in [-0.2, 0) is 0 Å². The van der Waals surface area contributed by atoms with E-state index in [4.69, 9.17) is 10.0 Å². The third-order valence-corrected chi connectivity index (χ3v) is 1.42. The highest BCUT2D eigenvalue weighted by Gasteiger charge is 2.20. The van der Waals surface area contributed by atoms with Crippen LogP contribution in [-0.4, -0.2) is 22.2 Å². The van der Waals surface area contributed by atoms with Crippen LogP contribution < -0.4 is 5.46 Å². The maximum Gasteiger partial charge on any atom is 0.493 e. The van der Waals surface area contributed by atoms with Crippen molar-refractivity contribution < 1.29 is 23.2 Å². The van der Waals surface area contributed by atoms with Crippen LogP contribution in [0.3, 0.4) is 0 Å². The lowest BCUT2D eigenvalue weighted by Crippen LogP contribution is -2.34. The summed E-state index contributed by atoms with van der Waals surface area (Å²) in [5.41, 5.74) is -1.21. The van der Waals surface area contributed by atoms with Gasteiger partial charge in [0.1, 0.15) is 0 Å². The Bertz CT molecular complexity index is 308. The minimum Gasteiger partial charge on any atom is -0.423 e. The number of hydrogen-bond donors (Lipinski definition) is 2. The van der Waals surface area contributed by atoms with Crippen LogP contribution in [0.4, 0.5) is 13.2 Å². The summed E-state index contributed by atoms with van der Waals surface area (Å²) in [6.07, 6.45) is -2.17. The summed E-state index contributed by atoms with van der Waals surface area (Å²) < 4.78 is 36.6. The number of halogens is 3. The van der Waals surface area contributed by atoms with Crippen LogP contribution in [0.1, 0.15) is 12.0 Å². The molecule has 70 valence electrons. The first-order chi connectivity index (χ1) is 6.02. The quantitative estimate of drug-likeness (QED) is 0.504. The number of pyridine rings is 1. The normalized spacial score (nSPS) is 10.6. The van der Waals surface area contributed by atoms with Gasteiger partial charge in [-0.1, -0.05) is 0 Å². The van der Waals surface area contributed by atoms with Crippen LogP contribution in [0.5, 0.6) is 0 Å². The Hall–Kier alpha value is -1.08. The molecule has 0 aliphatic carbocycles. The summed E-state index contributed by atoms with van der Waals surface area (Å²) in [6.45, 7) is 0. The molecular formula is C6H5BF3NO2. The number of nitrogens with zero attached hydrogens (tertiary/aromatic N) is 1. The molecule has 3 nitrogen and oxygen atoms in total. The first-order valence-corrected chi connectivity index (χ1v) is 3.32. The van der Waals surface area contributed by atoms with Gasteiger partial charge >= 0.3 is 7.12 Å². The molecule has 13 heavy (non-hydrogen) atoms. The SMILES string of the molecule is OB(O)c1cc(C(F)F)cnc1F. The van der Waals surface area contributed by atoms with Crippen molar-refractivity contribution in [1.82, 2.24) is 4.98 Å². The molecule has 0 aliphatic rings. The third kappa shape index (κ3) is 2.19. The van der Waals surface area contributed by atoms with Gasteiger partial charge in [0.25, 0.3) is 6.43 Å². The van der Waals surface area contributed by atoms with Crippen LogP contribution >= 0.6 is 0 Å². The predicted octanol–water partition coefficient (Wildman–Crippen LogP) is -0.162. The fraction of sp³-hybridized carbons (Fsp3) is 0.167. The molecular weight excluding hydrogens is 186 g/mol. The maximum absolute atomic E-state index is 12.6. The zero-order valence-electron chi connectivity index (χ0n) is 6.28. The smallest absolute Gasteiger partial charge is 0.423 e. The Morgan fingerprint density at radius 1 is 1.38 bits per heavy atom. The van der Waals surface area contributed by atoms with Crippen LogP contribution in [0.25, 0.3) is 0 Å².